The topological polar surface area (TPSA) is 96.0 Å². The Kier molecular flexibility index (Phi) is 5.31. The summed E-state index contributed by atoms with van der Waals surface area (Å²) in [5.74, 6) is -0.0523. The van der Waals surface area contributed by atoms with Crippen molar-refractivity contribution < 1.29 is 15.1 Å². The molecule has 27 heavy (non-hydrogen) atoms. The quantitative estimate of drug-likeness (QED) is 0.432. The monoisotopic (exact) mass is 370 g/mol. The van der Waals surface area contributed by atoms with Crippen LogP contribution in [0.2, 0.25) is 0 Å². The number of hydrogen-bond acceptors (Lipinski definition) is 5. The van der Waals surface area contributed by atoms with Gasteiger partial charge in [0.2, 0.25) is 0 Å². The molecule has 0 amide bonds. The van der Waals surface area contributed by atoms with Crippen LogP contribution in [-0.4, -0.2) is 21.4 Å². The maximum Gasteiger partial charge on any atom is 0.270 e. The van der Waals surface area contributed by atoms with Gasteiger partial charge in [-0.1, -0.05) is 47.6 Å². The van der Waals surface area contributed by atoms with E-state index in [4.69, 9.17) is 0 Å². The third kappa shape index (κ3) is 4.64. The van der Waals surface area contributed by atoms with Gasteiger partial charge in [0.05, 0.1) is 4.92 Å². The molecule has 0 atom stereocenters. The van der Waals surface area contributed by atoms with Gasteiger partial charge in [-0.25, -0.2) is 0 Å². The van der Waals surface area contributed by atoms with Crippen LogP contribution in [0.3, 0.4) is 0 Å². The second-order valence-corrected chi connectivity index (χ2v) is 8.65. The van der Waals surface area contributed by atoms with Crippen molar-refractivity contribution >= 4 is 17.6 Å². The van der Waals surface area contributed by atoms with Gasteiger partial charge in [0.15, 0.2) is 0 Å². The highest BCUT2D eigenvalue weighted by molar-refractivity contribution is 5.87. The molecule has 0 aliphatic heterocycles. The van der Waals surface area contributed by atoms with Crippen LogP contribution in [-0.2, 0) is 10.8 Å². The molecule has 0 bridgehead atoms. The van der Waals surface area contributed by atoms with Gasteiger partial charge in [0.1, 0.15) is 17.2 Å². The smallest absolute Gasteiger partial charge is 0.270 e. The van der Waals surface area contributed by atoms with Crippen LogP contribution >= 0.6 is 0 Å². The SMILES string of the molecule is CC(C)(C)c1cc(N=Cc2cc([N+](=O)[O-])ccc2O)c(O)c(C(C)(C)C)c1. The Hall–Kier alpha value is -2.89. The first-order valence-corrected chi connectivity index (χ1v) is 8.70. The van der Waals surface area contributed by atoms with Crippen molar-refractivity contribution in [3.8, 4) is 11.5 Å². The molecule has 2 rings (SSSR count). The second kappa shape index (κ2) is 7.02. The maximum absolute atomic E-state index is 10.9. The standard InChI is InChI=1S/C21H26N2O4/c1-20(2,3)14-10-16(21(4,5)6)19(25)17(11-14)22-12-13-9-15(23(26)27)7-8-18(13)24/h7-12,24-25H,1-6H3. The van der Waals surface area contributed by atoms with Crippen LogP contribution in [0, 0.1) is 10.1 Å². The van der Waals surface area contributed by atoms with Gasteiger partial charge >= 0.3 is 0 Å². The number of non-ortho nitro benzene ring substituents is 1. The molecule has 6 heteroatoms. The fraction of sp³-hybridized carbons (Fsp3) is 0.381. The third-order valence-electron chi connectivity index (χ3n) is 4.33. The highest BCUT2D eigenvalue weighted by Gasteiger charge is 2.24. The van der Waals surface area contributed by atoms with Crippen molar-refractivity contribution in [2.45, 2.75) is 52.4 Å². The van der Waals surface area contributed by atoms with E-state index in [9.17, 15) is 20.3 Å². The van der Waals surface area contributed by atoms with Gasteiger partial charge in [-0.05, 0) is 28.5 Å². The molecular weight excluding hydrogens is 344 g/mol. The van der Waals surface area contributed by atoms with E-state index >= 15 is 0 Å². The molecule has 0 aliphatic carbocycles. The van der Waals surface area contributed by atoms with E-state index in [1.165, 1.54) is 24.4 Å². The molecule has 0 fully saturated rings. The van der Waals surface area contributed by atoms with E-state index in [-0.39, 0.29) is 33.6 Å². The Morgan fingerprint density at radius 1 is 1.00 bits per heavy atom. The van der Waals surface area contributed by atoms with E-state index in [2.05, 4.69) is 25.8 Å². The molecule has 0 saturated heterocycles. The average Bonchev–Trinajstić information content (AvgIpc) is 2.52. The lowest BCUT2D eigenvalue weighted by molar-refractivity contribution is -0.384. The van der Waals surface area contributed by atoms with Crippen molar-refractivity contribution in [1.29, 1.82) is 0 Å². The number of nitro groups is 1. The molecule has 0 spiro atoms. The lowest BCUT2D eigenvalue weighted by Gasteiger charge is -2.26. The minimum absolute atomic E-state index is 0.0664. The summed E-state index contributed by atoms with van der Waals surface area (Å²) >= 11 is 0. The van der Waals surface area contributed by atoms with Crippen LogP contribution in [0.1, 0.15) is 58.2 Å². The summed E-state index contributed by atoms with van der Waals surface area (Å²) in [5.41, 5.74) is 1.78. The molecule has 0 heterocycles. The molecule has 2 aromatic rings. The summed E-state index contributed by atoms with van der Waals surface area (Å²) in [6.45, 7) is 12.3. The van der Waals surface area contributed by atoms with Crippen molar-refractivity contribution in [3.63, 3.8) is 0 Å². The van der Waals surface area contributed by atoms with Crippen molar-refractivity contribution in [2.24, 2.45) is 4.99 Å². The molecular formula is C21H26N2O4. The Labute approximate surface area is 159 Å². The highest BCUT2D eigenvalue weighted by Crippen LogP contribution is 2.41. The predicted molar refractivity (Wildman–Crippen MR) is 108 cm³/mol. The molecule has 0 aliphatic rings. The minimum Gasteiger partial charge on any atom is -0.507 e. The van der Waals surface area contributed by atoms with Crippen LogP contribution in [0.5, 0.6) is 11.5 Å². The van der Waals surface area contributed by atoms with Crippen LogP contribution in [0.25, 0.3) is 0 Å². The zero-order chi connectivity index (χ0) is 20.6. The number of aromatic hydroxyl groups is 2. The molecule has 0 aromatic heterocycles. The number of aliphatic imine (C=N–C) groups is 1. The first kappa shape index (κ1) is 20.4. The molecule has 0 radical (unpaired) electrons. The number of hydrogen-bond donors (Lipinski definition) is 2. The van der Waals surface area contributed by atoms with Gasteiger partial charge in [0, 0.05) is 29.5 Å². The van der Waals surface area contributed by atoms with Crippen molar-refractivity contribution in [3.05, 3.63) is 57.1 Å². The van der Waals surface area contributed by atoms with E-state index in [0.29, 0.717) is 5.69 Å². The lowest BCUT2D eigenvalue weighted by atomic mass is 9.80. The van der Waals surface area contributed by atoms with Crippen LogP contribution in [0.15, 0.2) is 35.3 Å². The fourth-order valence-corrected chi connectivity index (χ4v) is 2.62. The Balaban J connectivity index is 2.60. The van der Waals surface area contributed by atoms with Gasteiger partial charge < -0.3 is 10.2 Å². The molecule has 2 aromatic carbocycles. The zero-order valence-electron chi connectivity index (χ0n) is 16.6. The second-order valence-electron chi connectivity index (χ2n) is 8.65. The van der Waals surface area contributed by atoms with Gasteiger partial charge in [0.25, 0.3) is 5.69 Å². The molecule has 2 N–H and O–H groups in total. The first-order chi connectivity index (χ1) is 12.3. The zero-order valence-corrected chi connectivity index (χ0v) is 16.6. The van der Waals surface area contributed by atoms with E-state index in [1.807, 2.05) is 26.8 Å². The lowest BCUT2D eigenvalue weighted by Crippen LogP contribution is -2.16. The Morgan fingerprint density at radius 3 is 2.15 bits per heavy atom. The number of nitrogens with zero attached hydrogens (tertiary/aromatic N) is 2. The number of rotatable bonds is 3. The Bertz CT molecular complexity index is 904. The summed E-state index contributed by atoms with van der Waals surface area (Å²) in [6, 6.07) is 7.51. The number of benzene rings is 2. The molecule has 0 saturated carbocycles. The van der Waals surface area contributed by atoms with Gasteiger partial charge in [-0.15, -0.1) is 0 Å². The van der Waals surface area contributed by atoms with Crippen molar-refractivity contribution in [1.82, 2.24) is 0 Å². The first-order valence-electron chi connectivity index (χ1n) is 8.70. The average molecular weight is 370 g/mol. The molecule has 0 unspecified atom stereocenters. The highest BCUT2D eigenvalue weighted by atomic mass is 16.6. The summed E-state index contributed by atoms with van der Waals surface area (Å²) in [7, 11) is 0. The van der Waals surface area contributed by atoms with Crippen LogP contribution < -0.4 is 0 Å². The van der Waals surface area contributed by atoms with Gasteiger partial charge in [-0.3, -0.25) is 15.1 Å². The van der Waals surface area contributed by atoms with E-state index < -0.39 is 4.92 Å². The predicted octanol–water partition coefficient (Wildman–Crippen LogP) is 5.35. The molecule has 6 nitrogen and oxygen atoms in total. The maximum atomic E-state index is 10.9. The van der Waals surface area contributed by atoms with E-state index in [0.717, 1.165) is 11.1 Å². The van der Waals surface area contributed by atoms with Crippen LogP contribution in [0.4, 0.5) is 11.4 Å². The fourth-order valence-electron chi connectivity index (χ4n) is 2.62. The summed E-state index contributed by atoms with van der Waals surface area (Å²) in [5, 5.41) is 31.6. The minimum atomic E-state index is -0.536. The summed E-state index contributed by atoms with van der Waals surface area (Å²) < 4.78 is 0. The number of nitro benzene ring substituents is 1. The summed E-state index contributed by atoms with van der Waals surface area (Å²) in [4.78, 5) is 14.7. The normalized spacial score (nSPS) is 12.5. The summed E-state index contributed by atoms with van der Waals surface area (Å²) in [6.07, 6.45) is 1.33. The molecule has 144 valence electrons. The third-order valence-corrected chi connectivity index (χ3v) is 4.33. The van der Waals surface area contributed by atoms with Gasteiger partial charge in [-0.2, -0.15) is 0 Å². The van der Waals surface area contributed by atoms with Crippen molar-refractivity contribution in [2.75, 3.05) is 0 Å². The van der Waals surface area contributed by atoms with E-state index in [1.54, 1.807) is 6.07 Å². The number of phenolic OH excluding ortho intramolecular Hbond substituents is 2. The number of phenols is 2. The largest absolute Gasteiger partial charge is 0.507 e. The Morgan fingerprint density at radius 2 is 1.63 bits per heavy atom.